The lowest BCUT2D eigenvalue weighted by Gasteiger charge is -2.18. The maximum absolute atomic E-state index is 12.8. The highest BCUT2D eigenvalue weighted by Crippen LogP contribution is 2.34. The van der Waals surface area contributed by atoms with Crippen LogP contribution in [0.25, 0.3) is 0 Å². The summed E-state index contributed by atoms with van der Waals surface area (Å²) in [5, 5.41) is 1.00. The Kier molecular flexibility index (Phi) is 7.62. The van der Waals surface area contributed by atoms with Crippen molar-refractivity contribution in [3.8, 4) is 0 Å². The summed E-state index contributed by atoms with van der Waals surface area (Å²) in [5.41, 5.74) is 3.54. The van der Waals surface area contributed by atoms with Crippen LogP contribution in [0.4, 0.5) is 0 Å². The van der Waals surface area contributed by atoms with Crippen LogP contribution in [0, 0.1) is 0 Å². The molecule has 0 amide bonds. The number of aromatic nitrogens is 2. The molecule has 31 heavy (non-hydrogen) atoms. The third-order valence-corrected chi connectivity index (χ3v) is 7.92. The number of benzene rings is 3. The Labute approximate surface area is 195 Å². The zero-order chi connectivity index (χ0) is 21.5. The molecule has 0 aliphatic rings. The fraction of sp³-hybridized carbons (Fsp3) is 0.160. The summed E-state index contributed by atoms with van der Waals surface area (Å²) in [6.07, 6.45) is 5.63. The maximum atomic E-state index is 12.8. The van der Waals surface area contributed by atoms with E-state index in [9.17, 15) is 4.21 Å². The highest BCUT2D eigenvalue weighted by molar-refractivity contribution is 7.98. The summed E-state index contributed by atoms with van der Waals surface area (Å²) in [5.74, 6) is 1.42. The summed E-state index contributed by atoms with van der Waals surface area (Å²) < 4.78 is 14.9. The number of halogens is 1. The second kappa shape index (κ2) is 10.8. The first-order valence-corrected chi connectivity index (χ1v) is 12.8. The van der Waals surface area contributed by atoms with E-state index < -0.39 is 10.8 Å². The van der Waals surface area contributed by atoms with Crippen molar-refractivity contribution >= 4 is 34.2 Å². The van der Waals surface area contributed by atoms with Crippen LogP contribution in [-0.4, -0.2) is 13.8 Å². The highest BCUT2D eigenvalue weighted by Gasteiger charge is 2.15. The van der Waals surface area contributed by atoms with E-state index in [1.54, 1.807) is 6.20 Å². The van der Waals surface area contributed by atoms with Gasteiger partial charge >= 0.3 is 0 Å². The van der Waals surface area contributed by atoms with Gasteiger partial charge in [0.2, 0.25) is 0 Å². The van der Waals surface area contributed by atoms with Gasteiger partial charge in [0.15, 0.2) is 0 Å². The molecule has 4 aromatic rings. The monoisotopic (exact) mass is 466 g/mol. The van der Waals surface area contributed by atoms with Crippen LogP contribution in [0.5, 0.6) is 0 Å². The van der Waals surface area contributed by atoms with E-state index in [4.69, 9.17) is 11.6 Å². The van der Waals surface area contributed by atoms with E-state index in [0.29, 0.717) is 5.75 Å². The van der Waals surface area contributed by atoms with Gasteiger partial charge in [0, 0.05) is 39.9 Å². The molecule has 2 atom stereocenters. The van der Waals surface area contributed by atoms with Crippen molar-refractivity contribution in [3.05, 3.63) is 119 Å². The summed E-state index contributed by atoms with van der Waals surface area (Å²) >= 11 is 7.90. The summed E-state index contributed by atoms with van der Waals surface area (Å²) in [4.78, 5) is 5.03. The Balaban J connectivity index is 1.47. The minimum atomic E-state index is -1.06. The first-order valence-electron chi connectivity index (χ1n) is 10.0. The lowest BCUT2D eigenvalue weighted by Crippen LogP contribution is -2.06. The van der Waals surface area contributed by atoms with Crippen molar-refractivity contribution in [2.75, 3.05) is 0 Å². The predicted molar refractivity (Wildman–Crippen MR) is 131 cm³/mol. The zero-order valence-corrected chi connectivity index (χ0v) is 19.3. The smallest absolute Gasteiger partial charge is 0.0946 e. The average Bonchev–Trinajstić information content (AvgIpc) is 3.32. The third-order valence-electron chi connectivity index (χ3n) is 4.96. The molecule has 3 aromatic carbocycles. The van der Waals surface area contributed by atoms with Gasteiger partial charge in [0.25, 0.3) is 0 Å². The van der Waals surface area contributed by atoms with Gasteiger partial charge in [-0.15, -0.1) is 11.8 Å². The molecule has 158 valence electrons. The molecule has 0 fully saturated rings. The van der Waals surface area contributed by atoms with Crippen LogP contribution in [-0.2, 0) is 28.9 Å². The van der Waals surface area contributed by atoms with Gasteiger partial charge in [-0.2, -0.15) is 0 Å². The van der Waals surface area contributed by atoms with Crippen LogP contribution < -0.4 is 0 Å². The summed E-state index contributed by atoms with van der Waals surface area (Å²) in [7, 11) is -1.06. The molecular weight excluding hydrogens is 444 g/mol. The fourth-order valence-electron chi connectivity index (χ4n) is 3.26. The van der Waals surface area contributed by atoms with Crippen LogP contribution in [0.3, 0.4) is 0 Å². The SMILES string of the molecule is O=S(Cc1ccccc1)c1ccc(C(Cn2ccnc2)SCc2ccc(Cl)cc2)cc1. The lowest BCUT2D eigenvalue weighted by atomic mass is 10.1. The highest BCUT2D eigenvalue weighted by atomic mass is 35.5. The largest absolute Gasteiger partial charge is 0.336 e. The standard InChI is InChI=1S/C25H23ClN2OS2/c26-23-10-6-20(7-11-23)17-30-25(16-28-15-14-27-19-28)22-8-12-24(13-9-22)31(29)18-21-4-2-1-3-5-21/h1-15,19,25H,16-18H2. The second-order valence-corrected chi connectivity index (χ2v) is 10.3. The number of hydrogen-bond acceptors (Lipinski definition) is 3. The van der Waals surface area contributed by atoms with Crippen molar-refractivity contribution in [1.82, 2.24) is 9.55 Å². The summed E-state index contributed by atoms with van der Waals surface area (Å²) in [6.45, 7) is 0.824. The fourth-order valence-corrected chi connectivity index (χ4v) is 5.70. The van der Waals surface area contributed by atoms with Crippen molar-refractivity contribution in [2.24, 2.45) is 0 Å². The molecule has 0 saturated heterocycles. The number of nitrogens with zero attached hydrogens (tertiary/aromatic N) is 2. The normalized spacial score (nSPS) is 13.1. The number of thioether (sulfide) groups is 1. The molecule has 6 heteroatoms. The second-order valence-electron chi connectivity index (χ2n) is 7.23. The van der Waals surface area contributed by atoms with Crippen LogP contribution in [0.1, 0.15) is 21.9 Å². The Morgan fingerprint density at radius 2 is 1.68 bits per heavy atom. The lowest BCUT2D eigenvalue weighted by molar-refractivity contribution is 0.680. The summed E-state index contributed by atoms with van der Waals surface area (Å²) in [6, 6.07) is 26.2. The Bertz CT molecular complexity index is 1100. The zero-order valence-electron chi connectivity index (χ0n) is 16.9. The molecule has 3 nitrogen and oxygen atoms in total. The Morgan fingerprint density at radius 3 is 2.35 bits per heavy atom. The topological polar surface area (TPSA) is 34.9 Å². The van der Waals surface area contributed by atoms with Crippen molar-refractivity contribution in [3.63, 3.8) is 0 Å². The molecule has 1 heterocycles. The van der Waals surface area contributed by atoms with Gasteiger partial charge in [0.1, 0.15) is 0 Å². The number of imidazole rings is 1. The van der Waals surface area contributed by atoms with Crippen molar-refractivity contribution < 1.29 is 4.21 Å². The van der Waals surface area contributed by atoms with Crippen LogP contribution >= 0.6 is 23.4 Å². The molecule has 4 rings (SSSR count). The predicted octanol–water partition coefficient (Wildman–Crippen LogP) is 6.52. The minimum absolute atomic E-state index is 0.251. The quantitative estimate of drug-likeness (QED) is 0.281. The maximum Gasteiger partial charge on any atom is 0.0946 e. The van der Waals surface area contributed by atoms with Crippen LogP contribution in [0.15, 0.2) is 102 Å². The molecule has 0 aliphatic carbocycles. The van der Waals surface area contributed by atoms with E-state index in [1.165, 1.54) is 11.1 Å². The molecule has 1 aromatic heterocycles. The third kappa shape index (κ3) is 6.33. The van der Waals surface area contributed by atoms with Gasteiger partial charge in [-0.3, -0.25) is 4.21 Å². The van der Waals surface area contributed by atoms with E-state index in [1.807, 2.05) is 78.9 Å². The molecule has 0 N–H and O–H groups in total. The first kappa shape index (κ1) is 21.9. The van der Waals surface area contributed by atoms with E-state index in [2.05, 4.69) is 33.8 Å². The molecule has 0 bridgehead atoms. The molecule has 0 aliphatic heterocycles. The Morgan fingerprint density at radius 1 is 0.935 bits per heavy atom. The molecule has 0 radical (unpaired) electrons. The van der Waals surface area contributed by atoms with Crippen molar-refractivity contribution in [2.45, 2.75) is 28.2 Å². The number of rotatable bonds is 9. The van der Waals surface area contributed by atoms with Crippen LogP contribution in [0.2, 0.25) is 5.02 Å². The van der Waals surface area contributed by atoms with Gasteiger partial charge in [-0.05, 0) is 41.0 Å². The van der Waals surface area contributed by atoms with Gasteiger partial charge < -0.3 is 4.57 Å². The molecule has 0 saturated carbocycles. The molecular formula is C25H23ClN2OS2. The molecule has 2 unspecified atom stereocenters. The van der Waals surface area contributed by atoms with Crippen molar-refractivity contribution in [1.29, 1.82) is 0 Å². The van der Waals surface area contributed by atoms with E-state index >= 15 is 0 Å². The average molecular weight is 467 g/mol. The van der Waals surface area contributed by atoms with Gasteiger partial charge in [0.05, 0.1) is 22.9 Å². The van der Waals surface area contributed by atoms with E-state index in [-0.39, 0.29) is 5.25 Å². The van der Waals surface area contributed by atoms with Gasteiger partial charge in [-0.25, -0.2) is 4.98 Å². The van der Waals surface area contributed by atoms with E-state index in [0.717, 1.165) is 27.8 Å². The number of hydrogen-bond donors (Lipinski definition) is 0. The minimum Gasteiger partial charge on any atom is -0.336 e. The molecule has 0 spiro atoms. The Hall–Kier alpha value is -2.34. The first-order chi connectivity index (χ1) is 15.2. The van der Waals surface area contributed by atoms with Gasteiger partial charge in [-0.1, -0.05) is 66.2 Å².